The average Bonchev–Trinajstić information content (AvgIpc) is 2.96. The Morgan fingerprint density at radius 3 is 2.54 bits per heavy atom. The van der Waals surface area contributed by atoms with Crippen LogP contribution in [0.2, 0.25) is 0 Å². The van der Waals surface area contributed by atoms with Gasteiger partial charge in [-0.2, -0.15) is 0 Å². The van der Waals surface area contributed by atoms with Crippen LogP contribution in [0, 0.1) is 12.3 Å². The zero-order chi connectivity index (χ0) is 19.2. The van der Waals surface area contributed by atoms with Crippen LogP contribution in [0.3, 0.4) is 0 Å². The van der Waals surface area contributed by atoms with Gasteiger partial charge in [-0.05, 0) is 33.6 Å². The molecule has 0 unspecified atom stereocenters. The lowest BCUT2D eigenvalue weighted by Gasteiger charge is -2.28. The summed E-state index contributed by atoms with van der Waals surface area (Å²) in [7, 11) is 3.60. The number of carbonyl (C=O) groups is 1. The summed E-state index contributed by atoms with van der Waals surface area (Å²) in [5.74, 6) is 2.42. The summed E-state index contributed by atoms with van der Waals surface area (Å²) in [6, 6.07) is 0.430. The highest BCUT2D eigenvalue weighted by Crippen LogP contribution is 2.17. The summed E-state index contributed by atoms with van der Waals surface area (Å²) in [6.45, 7) is 6.71. The number of nitrogens with zero attached hydrogens (tertiary/aromatic N) is 4. The second-order valence-electron chi connectivity index (χ2n) is 7.68. The first-order chi connectivity index (χ1) is 12.3. The fourth-order valence-electron chi connectivity index (χ4n) is 3.05. The monoisotopic (exact) mass is 363 g/mol. The van der Waals surface area contributed by atoms with Gasteiger partial charge in [0.2, 0.25) is 5.91 Å². The fourth-order valence-corrected chi connectivity index (χ4v) is 3.05. The van der Waals surface area contributed by atoms with Crippen molar-refractivity contribution in [3.8, 4) is 0 Å². The van der Waals surface area contributed by atoms with E-state index in [0.717, 1.165) is 30.5 Å². The van der Waals surface area contributed by atoms with Gasteiger partial charge in [0.1, 0.15) is 12.4 Å². The Kier molecular flexibility index (Phi) is 6.99. The Bertz CT molecular complexity index is 629. The Morgan fingerprint density at radius 1 is 1.27 bits per heavy atom. The van der Waals surface area contributed by atoms with E-state index in [1.54, 1.807) is 7.05 Å². The maximum absolute atomic E-state index is 12.0. The van der Waals surface area contributed by atoms with Gasteiger partial charge in [0, 0.05) is 26.7 Å². The van der Waals surface area contributed by atoms with Crippen LogP contribution in [0.1, 0.15) is 57.6 Å². The van der Waals surface area contributed by atoms with Gasteiger partial charge in [-0.15, -0.1) is 10.2 Å². The van der Waals surface area contributed by atoms with E-state index in [4.69, 9.17) is 0 Å². The smallest absolute Gasteiger partial charge is 0.227 e. The molecule has 0 aromatic carbocycles. The van der Waals surface area contributed by atoms with E-state index < -0.39 is 5.41 Å². The van der Waals surface area contributed by atoms with E-state index in [2.05, 4.69) is 31.1 Å². The van der Waals surface area contributed by atoms with Crippen molar-refractivity contribution in [1.29, 1.82) is 0 Å². The highest BCUT2D eigenvalue weighted by molar-refractivity contribution is 5.84. The molecule has 1 aromatic rings. The van der Waals surface area contributed by atoms with Gasteiger partial charge >= 0.3 is 0 Å². The van der Waals surface area contributed by atoms with Crippen molar-refractivity contribution >= 4 is 11.9 Å². The van der Waals surface area contributed by atoms with Gasteiger partial charge in [0.25, 0.3) is 0 Å². The minimum atomic E-state index is -0.523. The van der Waals surface area contributed by atoms with Crippen molar-refractivity contribution < 1.29 is 4.79 Å². The lowest BCUT2D eigenvalue weighted by atomic mass is 9.92. The number of amides is 1. The minimum absolute atomic E-state index is 0.00550. The molecule has 0 radical (unpaired) electrons. The molecule has 2 rings (SSSR count). The molecule has 1 aromatic heterocycles. The number of hydrogen-bond acceptors (Lipinski definition) is 4. The third-order valence-electron chi connectivity index (χ3n) is 5.05. The first kappa shape index (κ1) is 20.2. The highest BCUT2D eigenvalue weighted by Gasteiger charge is 2.27. The van der Waals surface area contributed by atoms with Crippen LogP contribution in [0.25, 0.3) is 0 Å². The highest BCUT2D eigenvalue weighted by atomic mass is 16.2. The summed E-state index contributed by atoms with van der Waals surface area (Å²) >= 11 is 0. The molecular weight excluding hydrogens is 330 g/mol. The maximum Gasteiger partial charge on any atom is 0.227 e. The SMILES string of the molecule is CNC(=O)C(C)(C)CNC(=NCc1nnc(C)n1C)NC1CCCCC1. The zero-order valence-corrected chi connectivity index (χ0v) is 16.7. The third kappa shape index (κ3) is 5.44. The molecule has 0 atom stereocenters. The van der Waals surface area contributed by atoms with Crippen LogP contribution >= 0.6 is 0 Å². The van der Waals surface area contributed by atoms with E-state index in [1.165, 1.54) is 19.3 Å². The number of hydrogen-bond donors (Lipinski definition) is 3. The molecule has 146 valence electrons. The molecule has 0 spiro atoms. The molecule has 1 saturated carbocycles. The molecule has 0 aliphatic heterocycles. The summed E-state index contributed by atoms with van der Waals surface area (Å²) in [4.78, 5) is 16.7. The van der Waals surface area contributed by atoms with Gasteiger partial charge in [-0.3, -0.25) is 4.79 Å². The molecule has 0 saturated heterocycles. The van der Waals surface area contributed by atoms with Crippen LogP contribution in [-0.2, 0) is 18.4 Å². The standard InChI is InChI=1S/C18H33N7O/c1-13-23-24-15(25(13)5)11-20-17(22-14-9-7-6-8-10-14)21-12-18(2,3)16(26)19-4/h14H,6-12H2,1-5H3,(H,19,26)(H2,20,21,22). The molecular formula is C18H33N7O. The van der Waals surface area contributed by atoms with Crippen LogP contribution in [0.15, 0.2) is 4.99 Å². The summed E-state index contributed by atoms with van der Waals surface area (Å²) in [5.41, 5.74) is -0.523. The van der Waals surface area contributed by atoms with Crippen LogP contribution in [0.5, 0.6) is 0 Å². The first-order valence-corrected chi connectivity index (χ1v) is 9.45. The van der Waals surface area contributed by atoms with Crippen molar-refractivity contribution in [1.82, 2.24) is 30.7 Å². The van der Waals surface area contributed by atoms with Crippen molar-refractivity contribution in [2.75, 3.05) is 13.6 Å². The van der Waals surface area contributed by atoms with Crippen molar-refractivity contribution in [2.24, 2.45) is 17.5 Å². The van der Waals surface area contributed by atoms with E-state index in [9.17, 15) is 4.79 Å². The molecule has 1 fully saturated rings. The van der Waals surface area contributed by atoms with Crippen molar-refractivity contribution in [2.45, 2.75) is 65.5 Å². The average molecular weight is 364 g/mol. The molecule has 1 amide bonds. The number of nitrogens with one attached hydrogen (secondary N) is 3. The van der Waals surface area contributed by atoms with E-state index in [0.29, 0.717) is 19.1 Å². The predicted molar refractivity (Wildman–Crippen MR) is 103 cm³/mol. The normalized spacial score (nSPS) is 16.4. The topological polar surface area (TPSA) is 96.2 Å². The van der Waals surface area contributed by atoms with Gasteiger partial charge in [-0.25, -0.2) is 4.99 Å². The largest absolute Gasteiger partial charge is 0.359 e. The van der Waals surface area contributed by atoms with Gasteiger partial charge < -0.3 is 20.5 Å². The molecule has 1 heterocycles. The van der Waals surface area contributed by atoms with Gasteiger partial charge in [0.15, 0.2) is 11.8 Å². The fraction of sp³-hybridized carbons (Fsp3) is 0.778. The second kappa shape index (κ2) is 9.00. The molecule has 1 aliphatic carbocycles. The summed E-state index contributed by atoms with van der Waals surface area (Å²) < 4.78 is 1.94. The number of guanidine groups is 1. The number of aryl methyl sites for hydroxylation is 1. The van der Waals surface area contributed by atoms with E-state index in [-0.39, 0.29) is 5.91 Å². The summed E-state index contributed by atoms with van der Waals surface area (Å²) in [6.07, 6.45) is 6.11. The number of aliphatic imine (C=N–C) groups is 1. The van der Waals surface area contributed by atoms with E-state index in [1.807, 2.05) is 32.4 Å². The van der Waals surface area contributed by atoms with Gasteiger partial charge in [0.05, 0.1) is 5.41 Å². The zero-order valence-electron chi connectivity index (χ0n) is 16.7. The molecule has 26 heavy (non-hydrogen) atoms. The van der Waals surface area contributed by atoms with Crippen molar-refractivity contribution in [3.05, 3.63) is 11.6 Å². The number of aromatic nitrogens is 3. The Morgan fingerprint density at radius 2 is 1.96 bits per heavy atom. The lowest BCUT2D eigenvalue weighted by molar-refractivity contribution is -0.128. The van der Waals surface area contributed by atoms with Gasteiger partial charge in [-0.1, -0.05) is 19.3 Å². The first-order valence-electron chi connectivity index (χ1n) is 9.45. The second-order valence-corrected chi connectivity index (χ2v) is 7.68. The molecule has 8 nitrogen and oxygen atoms in total. The van der Waals surface area contributed by atoms with Crippen LogP contribution in [0.4, 0.5) is 0 Å². The Hall–Kier alpha value is -2.12. The van der Waals surface area contributed by atoms with Crippen molar-refractivity contribution in [3.63, 3.8) is 0 Å². The number of rotatable bonds is 6. The molecule has 0 bridgehead atoms. The van der Waals surface area contributed by atoms with Crippen LogP contribution in [-0.4, -0.2) is 46.3 Å². The minimum Gasteiger partial charge on any atom is -0.359 e. The quantitative estimate of drug-likeness (QED) is 0.522. The Labute approximate surface area is 156 Å². The Balaban J connectivity index is 2.06. The third-order valence-corrected chi connectivity index (χ3v) is 5.05. The van der Waals surface area contributed by atoms with E-state index >= 15 is 0 Å². The molecule has 1 aliphatic rings. The maximum atomic E-state index is 12.0. The number of carbonyl (C=O) groups excluding carboxylic acids is 1. The van der Waals surface area contributed by atoms with Crippen LogP contribution < -0.4 is 16.0 Å². The summed E-state index contributed by atoms with van der Waals surface area (Å²) in [5, 5.41) is 17.8. The predicted octanol–water partition coefficient (Wildman–Crippen LogP) is 1.26. The lowest BCUT2D eigenvalue weighted by Crippen LogP contribution is -2.49. The molecule has 8 heteroatoms. The molecule has 3 N–H and O–H groups in total.